The standard InChI is InChI=1S/C30H26ClF3N2O6S/c1-3-4-15-41-22-10-12-24(13-11-22)43(39,40)35-27(29(37)38)17-25-19(2)36(28-14-7-21(31)16-26(25)28)18-20-5-8-23(9-6-20)42-30(32,33)34/h5-14,16,27,35H,15,17-18H2,1-2H3,(H,37,38). The molecule has 13 heteroatoms. The van der Waals surface area contributed by atoms with Crippen molar-refractivity contribution >= 4 is 38.5 Å². The number of carbonyl (C=O) groups is 1. The van der Waals surface area contributed by atoms with Gasteiger partial charge < -0.3 is 19.1 Å². The van der Waals surface area contributed by atoms with E-state index in [-0.39, 0.29) is 30.2 Å². The average molecular weight is 635 g/mol. The van der Waals surface area contributed by atoms with Crippen molar-refractivity contribution in [2.24, 2.45) is 0 Å². The van der Waals surface area contributed by atoms with E-state index in [1.54, 1.807) is 32.0 Å². The SMILES string of the molecule is CC#CCOc1ccc(S(=O)(=O)NC(Cc2c(C)n(Cc3ccc(OC(F)(F)F)cc3)c3ccc(Cl)cc23)C(=O)O)cc1. The van der Waals surface area contributed by atoms with Gasteiger partial charge in [0.05, 0.1) is 4.90 Å². The van der Waals surface area contributed by atoms with Gasteiger partial charge in [0.15, 0.2) is 0 Å². The highest BCUT2D eigenvalue weighted by Gasteiger charge is 2.31. The summed E-state index contributed by atoms with van der Waals surface area (Å²) in [6, 6.07) is 14.4. The third kappa shape index (κ3) is 8.01. The summed E-state index contributed by atoms with van der Waals surface area (Å²) < 4.78 is 77.4. The molecule has 1 atom stereocenters. The minimum atomic E-state index is -4.81. The lowest BCUT2D eigenvalue weighted by Gasteiger charge is -2.16. The molecule has 0 fully saturated rings. The van der Waals surface area contributed by atoms with Crippen molar-refractivity contribution in [1.29, 1.82) is 0 Å². The van der Waals surface area contributed by atoms with Gasteiger partial charge in [-0.05, 0) is 79.6 Å². The first kappa shape index (κ1) is 31.7. The summed E-state index contributed by atoms with van der Waals surface area (Å²) in [6.07, 6.45) is -5.02. The topological polar surface area (TPSA) is 107 Å². The van der Waals surface area contributed by atoms with E-state index in [4.69, 9.17) is 16.3 Å². The van der Waals surface area contributed by atoms with Crippen molar-refractivity contribution in [3.05, 3.63) is 88.6 Å². The largest absolute Gasteiger partial charge is 0.573 e. The predicted molar refractivity (Wildman–Crippen MR) is 155 cm³/mol. The first-order valence-corrected chi connectivity index (χ1v) is 14.6. The van der Waals surface area contributed by atoms with Crippen LogP contribution in [0.2, 0.25) is 5.02 Å². The molecule has 43 heavy (non-hydrogen) atoms. The van der Waals surface area contributed by atoms with E-state index in [1.807, 2.05) is 4.57 Å². The first-order chi connectivity index (χ1) is 20.3. The minimum Gasteiger partial charge on any atom is -0.481 e. The lowest BCUT2D eigenvalue weighted by atomic mass is 10.0. The Morgan fingerprint density at radius 1 is 1.07 bits per heavy atom. The zero-order valence-corrected chi connectivity index (χ0v) is 24.5. The van der Waals surface area contributed by atoms with Gasteiger partial charge >= 0.3 is 12.3 Å². The van der Waals surface area contributed by atoms with Gasteiger partial charge in [0, 0.05) is 34.6 Å². The lowest BCUT2D eigenvalue weighted by Crippen LogP contribution is -2.42. The van der Waals surface area contributed by atoms with E-state index in [2.05, 4.69) is 21.3 Å². The molecule has 4 aromatic rings. The second-order valence-electron chi connectivity index (χ2n) is 9.41. The molecule has 0 aliphatic carbocycles. The summed E-state index contributed by atoms with van der Waals surface area (Å²) in [5.74, 6) is 4.07. The quantitative estimate of drug-likeness (QED) is 0.198. The zero-order valence-electron chi connectivity index (χ0n) is 22.9. The summed E-state index contributed by atoms with van der Waals surface area (Å²) in [7, 11) is -4.24. The number of sulfonamides is 1. The fourth-order valence-corrected chi connectivity index (χ4v) is 5.87. The molecule has 0 bridgehead atoms. The monoisotopic (exact) mass is 634 g/mol. The van der Waals surface area contributed by atoms with E-state index in [1.165, 1.54) is 48.5 Å². The van der Waals surface area contributed by atoms with E-state index >= 15 is 0 Å². The van der Waals surface area contributed by atoms with E-state index < -0.39 is 28.4 Å². The number of rotatable bonds is 11. The molecular formula is C30H26ClF3N2O6S. The molecule has 0 radical (unpaired) electrons. The second kappa shape index (κ2) is 13.0. The van der Waals surface area contributed by atoms with Gasteiger partial charge in [-0.1, -0.05) is 29.7 Å². The zero-order chi connectivity index (χ0) is 31.4. The van der Waals surface area contributed by atoms with E-state index in [9.17, 15) is 31.5 Å². The van der Waals surface area contributed by atoms with Gasteiger partial charge in [-0.2, -0.15) is 4.72 Å². The number of nitrogens with zero attached hydrogens (tertiary/aromatic N) is 1. The van der Waals surface area contributed by atoms with Crippen LogP contribution in [0.25, 0.3) is 10.9 Å². The van der Waals surface area contributed by atoms with Crippen molar-refractivity contribution in [1.82, 2.24) is 9.29 Å². The van der Waals surface area contributed by atoms with Gasteiger partial charge in [0.25, 0.3) is 0 Å². The molecule has 0 aliphatic heterocycles. The molecule has 0 spiro atoms. The Labute approximate surface area is 251 Å². The van der Waals surface area contributed by atoms with Crippen LogP contribution >= 0.6 is 11.6 Å². The van der Waals surface area contributed by atoms with Gasteiger partial charge in [-0.3, -0.25) is 4.79 Å². The Hall–Kier alpha value is -4.18. The van der Waals surface area contributed by atoms with Gasteiger partial charge in [0.1, 0.15) is 24.1 Å². The summed E-state index contributed by atoms with van der Waals surface area (Å²) in [5, 5.41) is 11.0. The van der Waals surface area contributed by atoms with Crippen LogP contribution in [0, 0.1) is 18.8 Å². The molecule has 1 unspecified atom stereocenters. The highest BCUT2D eigenvalue weighted by molar-refractivity contribution is 7.89. The lowest BCUT2D eigenvalue weighted by molar-refractivity contribution is -0.274. The van der Waals surface area contributed by atoms with Crippen LogP contribution in [-0.2, 0) is 27.8 Å². The van der Waals surface area contributed by atoms with Crippen molar-refractivity contribution in [2.75, 3.05) is 6.61 Å². The van der Waals surface area contributed by atoms with Crippen molar-refractivity contribution in [2.45, 2.75) is 44.1 Å². The number of alkyl halides is 3. The molecule has 1 aromatic heterocycles. The Kier molecular flexibility index (Phi) is 9.59. The Morgan fingerprint density at radius 3 is 2.33 bits per heavy atom. The van der Waals surface area contributed by atoms with Gasteiger partial charge in [0.2, 0.25) is 10.0 Å². The number of ether oxygens (including phenoxy) is 2. The van der Waals surface area contributed by atoms with Crippen LogP contribution in [0.4, 0.5) is 13.2 Å². The molecule has 2 N–H and O–H groups in total. The molecule has 1 heterocycles. The third-order valence-electron chi connectivity index (χ3n) is 6.54. The number of fused-ring (bicyclic) bond motifs is 1. The summed E-state index contributed by atoms with van der Waals surface area (Å²) >= 11 is 6.26. The van der Waals surface area contributed by atoms with Crippen molar-refractivity contribution in [3.63, 3.8) is 0 Å². The summed E-state index contributed by atoms with van der Waals surface area (Å²) in [4.78, 5) is 12.1. The number of halogens is 4. The van der Waals surface area contributed by atoms with Crippen LogP contribution in [0.15, 0.2) is 71.6 Å². The average Bonchev–Trinajstić information content (AvgIpc) is 3.18. The number of benzene rings is 3. The Bertz CT molecular complexity index is 1790. The number of hydrogen-bond acceptors (Lipinski definition) is 5. The maximum absolute atomic E-state index is 13.1. The van der Waals surface area contributed by atoms with Crippen LogP contribution < -0.4 is 14.2 Å². The Balaban J connectivity index is 1.61. The normalized spacial score (nSPS) is 12.4. The number of aromatic nitrogens is 1. The second-order valence-corrected chi connectivity index (χ2v) is 11.6. The predicted octanol–water partition coefficient (Wildman–Crippen LogP) is 5.93. The third-order valence-corrected chi connectivity index (χ3v) is 8.26. The number of hydrogen-bond donors (Lipinski definition) is 2. The van der Waals surface area contributed by atoms with Gasteiger partial charge in [-0.15, -0.1) is 19.1 Å². The molecule has 4 rings (SSSR count). The fraction of sp³-hybridized carbons (Fsp3) is 0.233. The molecule has 0 amide bonds. The number of carboxylic acid groups (broad SMARTS) is 1. The smallest absolute Gasteiger partial charge is 0.481 e. The molecule has 226 valence electrons. The molecule has 0 aliphatic rings. The summed E-state index contributed by atoms with van der Waals surface area (Å²) in [5.41, 5.74) is 2.52. The van der Waals surface area contributed by atoms with Crippen molar-refractivity contribution < 1.29 is 41.0 Å². The van der Waals surface area contributed by atoms with Crippen LogP contribution in [0.3, 0.4) is 0 Å². The first-order valence-electron chi connectivity index (χ1n) is 12.8. The van der Waals surface area contributed by atoms with Crippen LogP contribution in [0.5, 0.6) is 11.5 Å². The molecular weight excluding hydrogens is 609 g/mol. The van der Waals surface area contributed by atoms with Gasteiger partial charge in [-0.25, -0.2) is 8.42 Å². The number of aliphatic carboxylic acids is 1. The summed E-state index contributed by atoms with van der Waals surface area (Å²) in [6.45, 7) is 3.78. The molecule has 0 saturated heterocycles. The van der Waals surface area contributed by atoms with Crippen molar-refractivity contribution in [3.8, 4) is 23.3 Å². The van der Waals surface area contributed by atoms with Crippen LogP contribution in [-0.4, -0.2) is 43.1 Å². The van der Waals surface area contributed by atoms with Crippen LogP contribution in [0.1, 0.15) is 23.7 Å². The highest BCUT2D eigenvalue weighted by Crippen LogP contribution is 2.31. The van der Waals surface area contributed by atoms with E-state index in [0.29, 0.717) is 38.5 Å². The molecule has 3 aromatic carbocycles. The minimum absolute atomic E-state index is 0.136. The maximum Gasteiger partial charge on any atom is 0.573 e. The Morgan fingerprint density at radius 2 is 1.72 bits per heavy atom. The van der Waals surface area contributed by atoms with E-state index in [0.717, 1.165) is 0 Å². The molecule has 0 saturated carbocycles. The molecule has 8 nitrogen and oxygen atoms in total. The highest BCUT2D eigenvalue weighted by atomic mass is 35.5. The number of nitrogens with one attached hydrogen (secondary N) is 1. The number of carboxylic acids is 1. The maximum atomic E-state index is 13.1. The fourth-order valence-electron chi connectivity index (χ4n) is 4.51.